The molecule has 8 heteroatoms. The summed E-state index contributed by atoms with van der Waals surface area (Å²) in [6, 6.07) is 8.54. The first kappa shape index (κ1) is 17.2. The van der Waals surface area contributed by atoms with Crippen LogP contribution >= 0.6 is 0 Å². The molecule has 25 heavy (non-hydrogen) atoms. The third-order valence-electron chi connectivity index (χ3n) is 4.35. The Hall–Kier alpha value is -2.61. The summed E-state index contributed by atoms with van der Waals surface area (Å²) in [5.74, 6) is -0.558. The molecule has 0 saturated carbocycles. The number of hydrogen-bond donors (Lipinski definition) is 1. The zero-order chi connectivity index (χ0) is 18.2. The number of anilines is 1. The minimum Gasteiger partial charge on any atom is -0.467 e. The molecule has 0 bridgehead atoms. The topological polar surface area (TPSA) is 94.5 Å². The largest absolute Gasteiger partial charge is 0.467 e. The number of pyridine rings is 1. The lowest BCUT2D eigenvalue weighted by atomic mass is 10.2. The van der Waals surface area contributed by atoms with Gasteiger partial charge in [-0.2, -0.15) is 0 Å². The number of ether oxygens (including phenoxy) is 1. The second-order valence-corrected chi connectivity index (χ2v) is 7.61. The molecule has 1 atom stereocenters. The first-order chi connectivity index (χ1) is 11.9. The van der Waals surface area contributed by atoms with Crippen molar-refractivity contribution in [3.63, 3.8) is 0 Å². The Morgan fingerprint density at radius 3 is 2.56 bits per heavy atom. The second-order valence-electron chi connectivity index (χ2n) is 5.69. The molecule has 0 fully saturated rings. The summed E-state index contributed by atoms with van der Waals surface area (Å²) >= 11 is 0. The lowest BCUT2D eigenvalue weighted by Crippen LogP contribution is -2.31. The van der Waals surface area contributed by atoms with Crippen LogP contribution in [0.4, 0.5) is 5.69 Å². The molecule has 7 nitrogen and oxygen atoms in total. The highest BCUT2D eigenvalue weighted by Gasteiger charge is 2.36. The summed E-state index contributed by atoms with van der Waals surface area (Å²) < 4.78 is 32.1. The Balaban J connectivity index is 2.29. The SMILES string of the molecule is CNc1cc(S(=O)(=O)c2ccccc2)c2n(c1=O)C(C(=O)OC)CC2. The summed E-state index contributed by atoms with van der Waals surface area (Å²) in [4.78, 5) is 24.8. The van der Waals surface area contributed by atoms with E-state index in [-0.39, 0.29) is 15.5 Å². The van der Waals surface area contributed by atoms with Gasteiger partial charge in [-0.05, 0) is 31.0 Å². The van der Waals surface area contributed by atoms with Gasteiger partial charge in [0.2, 0.25) is 9.84 Å². The normalized spacial score (nSPS) is 16.3. The molecule has 1 aromatic carbocycles. The van der Waals surface area contributed by atoms with Crippen molar-refractivity contribution in [3.8, 4) is 0 Å². The third-order valence-corrected chi connectivity index (χ3v) is 6.18. The molecule has 0 saturated heterocycles. The molecule has 1 aliphatic rings. The minimum absolute atomic E-state index is 0.0362. The number of benzene rings is 1. The molecule has 2 aromatic rings. The lowest BCUT2D eigenvalue weighted by molar-refractivity contribution is -0.144. The lowest BCUT2D eigenvalue weighted by Gasteiger charge is -2.17. The molecule has 3 rings (SSSR count). The van der Waals surface area contributed by atoms with Gasteiger partial charge in [0.05, 0.1) is 16.9 Å². The van der Waals surface area contributed by atoms with Gasteiger partial charge in [-0.3, -0.25) is 9.36 Å². The van der Waals surface area contributed by atoms with Crippen LogP contribution in [-0.4, -0.2) is 33.1 Å². The Kier molecular flexibility index (Phi) is 4.38. The summed E-state index contributed by atoms with van der Waals surface area (Å²) in [6.07, 6.45) is 0.632. The minimum atomic E-state index is -3.82. The molecule has 0 aliphatic carbocycles. The van der Waals surface area contributed by atoms with Gasteiger partial charge in [0.15, 0.2) is 0 Å². The van der Waals surface area contributed by atoms with E-state index in [1.54, 1.807) is 18.2 Å². The van der Waals surface area contributed by atoms with E-state index in [1.165, 1.54) is 36.9 Å². The highest BCUT2D eigenvalue weighted by atomic mass is 32.2. The number of esters is 1. The van der Waals surface area contributed by atoms with Crippen molar-refractivity contribution in [2.24, 2.45) is 0 Å². The van der Waals surface area contributed by atoms with Crippen LogP contribution in [0.2, 0.25) is 0 Å². The van der Waals surface area contributed by atoms with E-state index >= 15 is 0 Å². The van der Waals surface area contributed by atoms with Crippen LogP contribution < -0.4 is 10.9 Å². The Morgan fingerprint density at radius 1 is 1.28 bits per heavy atom. The summed E-state index contributed by atoms with van der Waals surface area (Å²) in [5, 5.41) is 2.72. The van der Waals surface area contributed by atoms with Crippen LogP contribution in [0.5, 0.6) is 0 Å². The van der Waals surface area contributed by atoms with Crippen LogP contribution in [0.15, 0.2) is 51.0 Å². The van der Waals surface area contributed by atoms with Crippen molar-refractivity contribution in [3.05, 3.63) is 52.4 Å². The van der Waals surface area contributed by atoms with Gasteiger partial charge in [-0.1, -0.05) is 18.2 Å². The molecule has 1 unspecified atom stereocenters. The second kappa shape index (κ2) is 6.36. The van der Waals surface area contributed by atoms with E-state index < -0.39 is 27.4 Å². The Labute approximate surface area is 145 Å². The summed E-state index contributed by atoms with van der Waals surface area (Å²) in [7, 11) is -1.04. The van der Waals surface area contributed by atoms with E-state index in [1.807, 2.05) is 0 Å². The van der Waals surface area contributed by atoms with Gasteiger partial charge >= 0.3 is 5.97 Å². The maximum atomic E-state index is 13.1. The van der Waals surface area contributed by atoms with Gasteiger partial charge in [0, 0.05) is 12.7 Å². The maximum Gasteiger partial charge on any atom is 0.328 e. The number of aromatic nitrogens is 1. The van der Waals surface area contributed by atoms with E-state index in [0.29, 0.717) is 18.5 Å². The van der Waals surface area contributed by atoms with Gasteiger partial charge in [0.1, 0.15) is 11.7 Å². The molecule has 0 radical (unpaired) electrons. The first-order valence-electron chi connectivity index (χ1n) is 7.76. The number of hydrogen-bond acceptors (Lipinski definition) is 6. The van der Waals surface area contributed by atoms with Crippen molar-refractivity contribution in [2.75, 3.05) is 19.5 Å². The summed E-state index contributed by atoms with van der Waals surface area (Å²) in [5.41, 5.74) is 0.0229. The van der Waals surface area contributed by atoms with Gasteiger partial charge in [-0.15, -0.1) is 0 Å². The van der Waals surface area contributed by atoms with E-state index in [2.05, 4.69) is 5.32 Å². The third kappa shape index (κ3) is 2.72. The fraction of sp³-hybridized carbons (Fsp3) is 0.294. The number of methoxy groups -OCH3 is 1. The Morgan fingerprint density at radius 2 is 1.96 bits per heavy atom. The maximum absolute atomic E-state index is 13.1. The van der Waals surface area contributed by atoms with Crippen molar-refractivity contribution in [1.82, 2.24) is 4.57 Å². The van der Waals surface area contributed by atoms with Gasteiger partial charge < -0.3 is 10.1 Å². The van der Waals surface area contributed by atoms with Crippen LogP contribution in [-0.2, 0) is 25.8 Å². The van der Waals surface area contributed by atoms with E-state index in [9.17, 15) is 18.0 Å². The fourth-order valence-electron chi connectivity index (χ4n) is 3.12. The van der Waals surface area contributed by atoms with Crippen molar-refractivity contribution in [2.45, 2.75) is 28.7 Å². The van der Waals surface area contributed by atoms with Crippen LogP contribution in [0, 0.1) is 0 Å². The highest BCUT2D eigenvalue weighted by Crippen LogP contribution is 2.33. The molecule has 1 N–H and O–H groups in total. The quantitative estimate of drug-likeness (QED) is 0.826. The van der Waals surface area contributed by atoms with Crippen molar-refractivity contribution in [1.29, 1.82) is 0 Å². The van der Waals surface area contributed by atoms with Gasteiger partial charge in [-0.25, -0.2) is 13.2 Å². The molecule has 0 amide bonds. The van der Waals surface area contributed by atoms with E-state index in [4.69, 9.17) is 4.74 Å². The predicted molar refractivity (Wildman–Crippen MR) is 91.5 cm³/mol. The molecule has 1 aromatic heterocycles. The van der Waals surface area contributed by atoms with Crippen LogP contribution in [0.3, 0.4) is 0 Å². The van der Waals surface area contributed by atoms with Gasteiger partial charge in [0.25, 0.3) is 5.56 Å². The molecule has 132 valence electrons. The van der Waals surface area contributed by atoms with Crippen molar-refractivity contribution < 1.29 is 17.9 Å². The number of nitrogens with zero attached hydrogens (tertiary/aromatic N) is 1. The monoisotopic (exact) mass is 362 g/mol. The molecule has 1 aliphatic heterocycles. The Bertz CT molecular complexity index is 980. The highest BCUT2D eigenvalue weighted by molar-refractivity contribution is 7.91. The number of rotatable bonds is 4. The smallest absolute Gasteiger partial charge is 0.328 e. The zero-order valence-corrected chi connectivity index (χ0v) is 14.7. The number of carbonyl (C=O) groups is 1. The average Bonchev–Trinajstić information content (AvgIpc) is 3.07. The number of fused-ring (bicyclic) bond motifs is 1. The van der Waals surface area contributed by atoms with E-state index in [0.717, 1.165) is 0 Å². The molecular formula is C17H18N2O5S. The predicted octanol–water partition coefficient (Wildman–Crippen LogP) is 1.38. The van der Waals surface area contributed by atoms with Crippen molar-refractivity contribution >= 4 is 21.5 Å². The molecule has 2 heterocycles. The number of sulfone groups is 1. The first-order valence-corrected chi connectivity index (χ1v) is 9.24. The average molecular weight is 362 g/mol. The fourth-order valence-corrected chi connectivity index (χ4v) is 4.67. The standard InChI is InChI=1S/C17H18N2O5S/c1-18-12-10-15(25(22,23)11-6-4-3-5-7-11)13-8-9-14(17(21)24-2)19(13)16(12)20/h3-7,10,14,18H,8-9H2,1-2H3. The summed E-state index contributed by atoms with van der Waals surface area (Å²) in [6.45, 7) is 0. The molecular weight excluding hydrogens is 344 g/mol. The van der Waals surface area contributed by atoms with Crippen LogP contribution in [0.1, 0.15) is 18.2 Å². The van der Waals surface area contributed by atoms with Crippen LogP contribution in [0.25, 0.3) is 0 Å². The number of carbonyl (C=O) groups excluding carboxylic acids is 1. The number of nitrogens with one attached hydrogen (secondary N) is 1. The molecule has 0 spiro atoms. The zero-order valence-electron chi connectivity index (χ0n) is 13.9.